The first kappa shape index (κ1) is 15.4. The van der Waals surface area contributed by atoms with E-state index in [1.165, 1.54) is 0 Å². The minimum absolute atomic E-state index is 0.0283. The number of nitro groups is 1. The van der Waals surface area contributed by atoms with Gasteiger partial charge in [-0.3, -0.25) is 14.9 Å². The lowest BCUT2D eigenvalue weighted by Gasteiger charge is -2.14. The summed E-state index contributed by atoms with van der Waals surface area (Å²) in [6.07, 6.45) is 0. The van der Waals surface area contributed by atoms with Crippen molar-refractivity contribution in [2.75, 3.05) is 26.4 Å². The summed E-state index contributed by atoms with van der Waals surface area (Å²) in [6.45, 7) is -0.473. The highest BCUT2D eigenvalue weighted by molar-refractivity contribution is 7.90. The predicted octanol–water partition coefficient (Wildman–Crippen LogP) is -0.252. The van der Waals surface area contributed by atoms with Gasteiger partial charge in [-0.15, -0.1) is 0 Å². The van der Waals surface area contributed by atoms with Gasteiger partial charge in [-0.05, 0) is 6.07 Å². The second kappa shape index (κ2) is 5.76. The van der Waals surface area contributed by atoms with Crippen LogP contribution in [0.2, 0.25) is 0 Å². The molecule has 1 aliphatic heterocycles. The number of fused-ring (bicyclic) bond motifs is 1. The van der Waals surface area contributed by atoms with Crippen LogP contribution in [0.4, 0.5) is 5.69 Å². The van der Waals surface area contributed by atoms with Crippen LogP contribution in [0.3, 0.4) is 0 Å². The Kier molecular flexibility index (Phi) is 4.21. The molecule has 0 aromatic heterocycles. The largest absolute Gasteiger partial charge is 0.394 e. The van der Waals surface area contributed by atoms with E-state index in [-0.39, 0.29) is 42.5 Å². The van der Waals surface area contributed by atoms with E-state index < -0.39 is 20.9 Å². The monoisotopic (exact) mass is 316 g/mol. The van der Waals surface area contributed by atoms with Gasteiger partial charge in [0.15, 0.2) is 0 Å². The standard InChI is InChI=1S/C11H12N2O7S/c14-4-6-20-5-3-12-11(15)9-7-8(13(16)17)1-2-10(9)21(12,18)19/h1-2,7,14H,3-6H2. The molecule has 10 heteroatoms. The Morgan fingerprint density at radius 1 is 1.33 bits per heavy atom. The van der Waals surface area contributed by atoms with Crippen molar-refractivity contribution in [3.63, 3.8) is 0 Å². The van der Waals surface area contributed by atoms with Gasteiger partial charge in [0.2, 0.25) is 0 Å². The molecular formula is C11H12N2O7S. The molecular weight excluding hydrogens is 304 g/mol. The zero-order valence-electron chi connectivity index (χ0n) is 10.8. The van der Waals surface area contributed by atoms with Crippen LogP contribution in [0, 0.1) is 10.1 Å². The Bertz CT molecular complexity index is 686. The van der Waals surface area contributed by atoms with Crippen LogP contribution in [0.15, 0.2) is 23.1 Å². The Balaban J connectivity index is 2.29. The van der Waals surface area contributed by atoms with Crippen molar-refractivity contribution in [1.82, 2.24) is 4.31 Å². The quantitative estimate of drug-likeness (QED) is 0.435. The highest BCUT2D eigenvalue weighted by Crippen LogP contribution is 2.32. The maximum Gasteiger partial charge on any atom is 0.270 e. The second-order valence-electron chi connectivity index (χ2n) is 4.16. The van der Waals surface area contributed by atoms with E-state index in [0.29, 0.717) is 4.31 Å². The Labute approximate surface area is 119 Å². The second-order valence-corrected chi connectivity index (χ2v) is 5.99. The first-order valence-corrected chi connectivity index (χ1v) is 7.37. The maximum atomic E-state index is 12.2. The summed E-state index contributed by atoms with van der Waals surface area (Å²) in [5, 5.41) is 19.2. The summed E-state index contributed by atoms with van der Waals surface area (Å²) in [5.41, 5.74) is -0.568. The molecule has 1 heterocycles. The fourth-order valence-corrected chi connectivity index (χ4v) is 3.45. The molecule has 1 aromatic rings. The van der Waals surface area contributed by atoms with Gasteiger partial charge in [0.25, 0.3) is 21.6 Å². The number of benzene rings is 1. The summed E-state index contributed by atoms with van der Waals surface area (Å²) >= 11 is 0. The van der Waals surface area contributed by atoms with Crippen LogP contribution in [0.1, 0.15) is 10.4 Å². The number of rotatable bonds is 6. The van der Waals surface area contributed by atoms with Gasteiger partial charge in [0.05, 0.1) is 36.9 Å². The number of hydrogen-bond acceptors (Lipinski definition) is 7. The Morgan fingerprint density at radius 3 is 2.67 bits per heavy atom. The van der Waals surface area contributed by atoms with Crippen molar-refractivity contribution in [1.29, 1.82) is 0 Å². The number of hydrogen-bond donors (Lipinski definition) is 1. The summed E-state index contributed by atoms with van der Waals surface area (Å²) in [7, 11) is -4.01. The normalized spacial score (nSPS) is 16.0. The third-order valence-electron chi connectivity index (χ3n) is 2.87. The number of nitro benzene ring substituents is 1. The molecule has 0 aliphatic carbocycles. The van der Waals surface area contributed by atoms with Gasteiger partial charge in [-0.25, -0.2) is 12.7 Å². The molecule has 0 fully saturated rings. The minimum atomic E-state index is -4.01. The number of aliphatic hydroxyl groups is 1. The van der Waals surface area contributed by atoms with Crippen molar-refractivity contribution < 1.29 is 28.0 Å². The van der Waals surface area contributed by atoms with E-state index in [0.717, 1.165) is 18.2 Å². The van der Waals surface area contributed by atoms with Gasteiger partial charge >= 0.3 is 0 Å². The molecule has 1 N–H and O–H groups in total. The van der Waals surface area contributed by atoms with E-state index in [9.17, 15) is 23.3 Å². The lowest BCUT2D eigenvalue weighted by atomic mass is 10.2. The van der Waals surface area contributed by atoms with E-state index in [2.05, 4.69) is 0 Å². The first-order valence-electron chi connectivity index (χ1n) is 5.93. The van der Waals surface area contributed by atoms with Crippen LogP contribution >= 0.6 is 0 Å². The fraction of sp³-hybridized carbons (Fsp3) is 0.364. The van der Waals surface area contributed by atoms with Crippen molar-refractivity contribution in [3.8, 4) is 0 Å². The van der Waals surface area contributed by atoms with Gasteiger partial charge in [0, 0.05) is 12.1 Å². The molecule has 9 nitrogen and oxygen atoms in total. The summed E-state index contributed by atoms with van der Waals surface area (Å²) < 4.78 is 29.9. The van der Waals surface area contributed by atoms with Crippen molar-refractivity contribution in [2.45, 2.75) is 4.90 Å². The van der Waals surface area contributed by atoms with Gasteiger partial charge < -0.3 is 9.84 Å². The molecule has 0 saturated carbocycles. The third kappa shape index (κ3) is 2.73. The van der Waals surface area contributed by atoms with Crippen LogP contribution in [-0.2, 0) is 14.8 Å². The third-order valence-corrected chi connectivity index (χ3v) is 4.71. The van der Waals surface area contributed by atoms with Gasteiger partial charge in [0.1, 0.15) is 4.90 Å². The van der Waals surface area contributed by atoms with Crippen molar-refractivity contribution >= 4 is 21.6 Å². The SMILES string of the molecule is O=C1c2cc([N+](=O)[O-])ccc2S(=O)(=O)N1CCOCCO. The number of non-ortho nitro benzene ring substituents is 1. The van der Waals surface area contributed by atoms with Crippen LogP contribution in [-0.4, -0.2) is 55.0 Å². The number of carbonyl (C=O) groups is 1. The van der Waals surface area contributed by atoms with Crippen LogP contribution in [0.5, 0.6) is 0 Å². The fourth-order valence-electron chi connectivity index (χ4n) is 1.92. The number of aliphatic hydroxyl groups excluding tert-OH is 1. The molecule has 1 amide bonds. The lowest BCUT2D eigenvalue weighted by Crippen LogP contribution is -2.33. The summed E-state index contributed by atoms with van der Waals surface area (Å²) in [5.74, 6) is -0.818. The van der Waals surface area contributed by atoms with E-state index in [4.69, 9.17) is 9.84 Å². The Hall–Kier alpha value is -2.04. The molecule has 1 aromatic carbocycles. The first-order chi connectivity index (χ1) is 9.89. The highest BCUT2D eigenvalue weighted by atomic mass is 32.2. The molecule has 2 rings (SSSR count). The molecule has 0 radical (unpaired) electrons. The zero-order chi connectivity index (χ0) is 15.6. The molecule has 21 heavy (non-hydrogen) atoms. The minimum Gasteiger partial charge on any atom is -0.394 e. The van der Waals surface area contributed by atoms with E-state index in [1.54, 1.807) is 0 Å². The average Bonchev–Trinajstić information content (AvgIpc) is 2.63. The number of nitrogens with zero attached hydrogens (tertiary/aromatic N) is 2. The molecule has 0 unspecified atom stereocenters. The maximum absolute atomic E-state index is 12.2. The molecule has 0 bridgehead atoms. The van der Waals surface area contributed by atoms with Crippen molar-refractivity contribution in [3.05, 3.63) is 33.9 Å². The van der Waals surface area contributed by atoms with Crippen LogP contribution in [0.25, 0.3) is 0 Å². The summed E-state index contributed by atoms with van der Waals surface area (Å²) in [6, 6.07) is 3.04. The highest BCUT2D eigenvalue weighted by Gasteiger charge is 2.41. The average molecular weight is 316 g/mol. The lowest BCUT2D eigenvalue weighted by molar-refractivity contribution is -0.384. The van der Waals surface area contributed by atoms with E-state index in [1.807, 2.05) is 0 Å². The van der Waals surface area contributed by atoms with Crippen molar-refractivity contribution in [2.24, 2.45) is 0 Å². The number of ether oxygens (including phenoxy) is 1. The zero-order valence-corrected chi connectivity index (χ0v) is 11.6. The topological polar surface area (TPSA) is 127 Å². The summed E-state index contributed by atoms with van der Waals surface area (Å²) in [4.78, 5) is 21.8. The molecule has 114 valence electrons. The van der Waals surface area contributed by atoms with Crippen LogP contribution < -0.4 is 0 Å². The molecule has 0 saturated heterocycles. The number of carbonyl (C=O) groups excluding carboxylic acids is 1. The number of sulfonamides is 1. The predicted molar refractivity (Wildman–Crippen MR) is 69.2 cm³/mol. The number of amides is 1. The molecule has 1 aliphatic rings. The smallest absolute Gasteiger partial charge is 0.270 e. The Morgan fingerprint density at radius 2 is 2.05 bits per heavy atom. The van der Waals surface area contributed by atoms with E-state index >= 15 is 0 Å². The molecule has 0 spiro atoms. The van der Waals surface area contributed by atoms with Gasteiger partial charge in [-0.1, -0.05) is 0 Å². The molecule has 0 atom stereocenters. The van der Waals surface area contributed by atoms with Gasteiger partial charge in [-0.2, -0.15) is 0 Å².